The molecular formula is C22H37IN4O2. The van der Waals surface area contributed by atoms with E-state index in [4.69, 9.17) is 14.5 Å². The Morgan fingerprint density at radius 1 is 1.17 bits per heavy atom. The SMILES string of the molecule is CCNC(=NCCCN1CCOCC1)N1CCOC(c2ccc(C)cc2C)C1.I. The van der Waals surface area contributed by atoms with Crippen LogP contribution in [0.5, 0.6) is 0 Å². The Kier molecular flexibility index (Phi) is 10.7. The number of halogens is 1. The number of hydrogen-bond donors (Lipinski definition) is 1. The van der Waals surface area contributed by atoms with Gasteiger partial charge >= 0.3 is 0 Å². The molecule has 0 amide bonds. The molecule has 0 aromatic heterocycles. The molecular weight excluding hydrogens is 479 g/mol. The van der Waals surface area contributed by atoms with Crippen molar-refractivity contribution in [3.05, 3.63) is 34.9 Å². The Morgan fingerprint density at radius 2 is 1.97 bits per heavy atom. The standard InChI is InChI=1S/C22H36N4O2.HI/c1-4-23-22(24-8-5-9-25-10-13-27-14-11-25)26-12-15-28-21(17-26)20-7-6-18(2)16-19(20)3;/h6-7,16,21H,4-5,8-15,17H2,1-3H3,(H,23,24);1H. The number of hydrogen-bond acceptors (Lipinski definition) is 4. The van der Waals surface area contributed by atoms with Crippen LogP contribution in [0.1, 0.15) is 36.1 Å². The summed E-state index contributed by atoms with van der Waals surface area (Å²) in [5.74, 6) is 1.02. The first-order valence-corrected chi connectivity index (χ1v) is 10.7. The van der Waals surface area contributed by atoms with Crippen molar-refractivity contribution in [3.63, 3.8) is 0 Å². The van der Waals surface area contributed by atoms with E-state index < -0.39 is 0 Å². The highest BCUT2D eigenvalue weighted by Gasteiger charge is 2.25. The van der Waals surface area contributed by atoms with Crippen LogP contribution >= 0.6 is 24.0 Å². The van der Waals surface area contributed by atoms with E-state index in [1.165, 1.54) is 16.7 Å². The molecule has 0 aliphatic carbocycles. The van der Waals surface area contributed by atoms with Gasteiger partial charge in [-0.1, -0.05) is 23.8 Å². The quantitative estimate of drug-likeness (QED) is 0.273. The normalized spacial score (nSPS) is 21.0. The lowest BCUT2D eigenvalue weighted by Crippen LogP contribution is -2.48. The molecule has 1 aromatic rings. The minimum atomic E-state index is 0. The molecule has 7 heteroatoms. The molecule has 0 spiro atoms. The molecule has 2 fully saturated rings. The first-order valence-electron chi connectivity index (χ1n) is 10.7. The summed E-state index contributed by atoms with van der Waals surface area (Å²) in [6, 6.07) is 6.63. The molecule has 29 heavy (non-hydrogen) atoms. The van der Waals surface area contributed by atoms with E-state index in [1.807, 2.05) is 0 Å². The van der Waals surface area contributed by atoms with Crippen molar-refractivity contribution in [2.75, 3.05) is 65.6 Å². The van der Waals surface area contributed by atoms with Crippen molar-refractivity contribution in [2.45, 2.75) is 33.3 Å². The Bertz CT molecular complexity index is 650. The van der Waals surface area contributed by atoms with Gasteiger partial charge in [-0.05, 0) is 38.3 Å². The lowest BCUT2D eigenvalue weighted by molar-refractivity contribution is -0.00834. The molecule has 2 saturated heterocycles. The molecule has 0 saturated carbocycles. The lowest BCUT2D eigenvalue weighted by atomic mass is 10.00. The summed E-state index contributed by atoms with van der Waals surface area (Å²) in [6.45, 7) is 15.6. The number of nitrogens with one attached hydrogen (secondary N) is 1. The van der Waals surface area contributed by atoms with Gasteiger partial charge in [-0.2, -0.15) is 0 Å². The molecule has 0 bridgehead atoms. The highest BCUT2D eigenvalue weighted by molar-refractivity contribution is 14.0. The fourth-order valence-corrected chi connectivity index (χ4v) is 3.95. The second-order valence-electron chi connectivity index (χ2n) is 7.71. The zero-order chi connectivity index (χ0) is 19.8. The molecule has 3 rings (SSSR count). The summed E-state index contributed by atoms with van der Waals surface area (Å²) in [4.78, 5) is 9.73. The number of aliphatic imine (C=N–C) groups is 1. The van der Waals surface area contributed by atoms with E-state index in [0.29, 0.717) is 0 Å². The van der Waals surface area contributed by atoms with Crippen molar-refractivity contribution >= 4 is 29.9 Å². The summed E-state index contributed by atoms with van der Waals surface area (Å²) in [5, 5.41) is 3.47. The van der Waals surface area contributed by atoms with E-state index in [1.54, 1.807) is 0 Å². The zero-order valence-electron chi connectivity index (χ0n) is 18.2. The monoisotopic (exact) mass is 516 g/mol. The van der Waals surface area contributed by atoms with Crippen molar-refractivity contribution in [1.82, 2.24) is 15.1 Å². The molecule has 2 heterocycles. The second kappa shape index (κ2) is 12.7. The summed E-state index contributed by atoms with van der Waals surface area (Å²) >= 11 is 0. The smallest absolute Gasteiger partial charge is 0.194 e. The van der Waals surface area contributed by atoms with Crippen molar-refractivity contribution in [2.24, 2.45) is 4.99 Å². The van der Waals surface area contributed by atoms with Gasteiger partial charge in [0, 0.05) is 39.3 Å². The van der Waals surface area contributed by atoms with Crippen molar-refractivity contribution in [3.8, 4) is 0 Å². The van der Waals surface area contributed by atoms with Gasteiger partial charge in [-0.15, -0.1) is 24.0 Å². The van der Waals surface area contributed by atoms with E-state index in [-0.39, 0.29) is 30.1 Å². The molecule has 2 aliphatic rings. The summed E-state index contributed by atoms with van der Waals surface area (Å²) < 4.78 is 11.5. The predicted molar refractivity (Wildman–Crippen MR) is 129 cm³/mol. The van der Waals surface area contributed by atoms with Crippen LogP contribution in [0.4, 0.5) is 0 Å². The maximum Gasteiger partial charge on any atom is 0.194 e. The van der Waals surface area contributed by atoms with Gasteiger partial charge in [0.1, 0.15) is 6.10 Å². The van der Waals surface area contributed by atoms with Crippen LogP contribution in [-0.2, 0) is 9.47 Å². The fourth-order valence-electron chi connectivity index (χ4n) is 3.95. The van der Waals surface area contributed by atoms with E-state index >= 15 is 0 Å². The van der Waals surface area contributed by atoms with Crippen LogP contribution in [0.15, 0.2) is 23.2 Å². The Labute approximate surface area is 193 Å². The van der Waals surface area contributed by atoms with Gasteiger partial charge < -0.3 is 19.7 Å². The van der Waals surface area contributed by atoms with E-state index in [2.05, 4.69) is 54.1 Å². The lowest BCUT2D eigenvalue weighted by Gasteiger charge is -2.36. The van der Waals surface area contributed by atoms with Gasteiger partial charge in [0.05, 0.1) is 26.4 Å². The molecule has 2 aliphatic heterocycles. The number of aryl methyl sites for hydroxylation is 2. The topological polar surface area (TPSA) is 49.3 Å². The first-order chi connectivity index (χ1) is 13.7. The molecule has 1 N–H and O–H groups in total. The van der Waals surface area contributed by atoms with Crippen LogP contribution in [0.2, 0.25) is 0 Å². The fraction of sp³-hybridized carbons (Fsp3) is 0.682. The summed E-state index contributed by atoms with van der Waals surface area (Å²) in [6.07, 6.45) is 1.19. The van der Waals surface area contributed by atoms with Crippen LogP contribution < -0.4 is 5.32 Å². The third-order valence-corrected chi connectivity index (χ3v) is 5.47. The van der Waals surface area contributed by atoms with Crippen LogP contribution in [0, 0.1) is 13.8 Å². The molecule has 1 unspecified atom stereocenters. The minimum Gasteiger partial charge on any atom is -0.379 e. The molecule has 1 atom stereocenters. The number of rotatable bonds is 6. The van der Waals surface area contributed by atoms with Crippen LogP contribution in [0.25, 0.3) is 0 Å². The van der Waals surface area contributed by atoms with Gasteiger partial charge in [-0.25, -0.2) is 0 Å². The molecule has 164 valence electrons. The third kappa shape index (κ3) is 7.38. The summed E-state index contributed by atoms with van der Waals surface area (Å²) in [7, 11) is 0. The summed E-state index contributed by atoms with van der Waals surface area (Å²) in [5.41, 5.74) is 3.89. The minimum absolute atomic E-state index is 0. The maximum absolute atomic E-state index is 6.11. The average Bonchev–Trinajstić information content (AvgIpc) is 2.71. The van der Waals surface area contributed by atoms with E-state index in [9.17, 15) is 0 Å². The maximum atomic E-state index is 6.11. The molecule has 0 radical (unpaired) electrons. The van der Waals surface area contributed by atoms with Gasteiger partial charge in [-0.3, -0.25) is 9.89 Å². The first kappa shape index (κ1) is 24.4. The van der Waals surface area contributed by atoms with Gasteiger partial charge in [0.2, 0.25) is 0 Å². The Morgan fingerprint density at radius 3 is 2.69 bits per heavy atom. The Balaban J connectivity index is 0.00000300. The average molecular weight is 516 g/mol. The molecule has 6 nitrogen and oxygen atoms in total. The zero-order valence-corrected chi connectivity index (χ0v) is 20.5. The number of benzene rings is 1. The predicted octanol–water partition coefficient (Wildman–Crippen LogP) is 2.98. The van der Waals surface area contributed by atoms with Crippen LogP contribution in [-0.4, -0.2) is 81.4 Å². The number of ether oxygens (including phenoxy) is 2. The highest BCUT2D eigenvalue weighted by atomic mass is 127. The number of nitrogens with zero attached hydrogens (tertiary/aromatic N) is 3. The van der Waals surface area contributed by atoms with E-state index in [0.717, 1.165) is 78.0 Å². The number of morpholine rings is 2. The number of guanidine groups is 1. The largest absolute Gasteiger partial charge is 0.379 e. The van der Waals surface area contributed by atoms with Gasteiger partial charge in [0.25, 0.3) is 0 Å². The third-order valence-electron chi connectivity index (χ3n) is 5.47. The Hall–Kier alpha value is -0.900. The highest BCUT2D eigenvalue weighted by Crippen LogP contribution is 2.25. The second-order valence-corrected chi connectivity index (χ2v) is 7.71. The van der Waals surface area contributed by atoms with Crippen molar-refractivity contribution in [1.29, 1.82) is 0 Å². The molecule has 1 aromatic carbocycles. The van der Waals surface area contributed by atoms with Crippen molar-refractivity contribution < 1.29 is 9.47 Å². The van der Waals surface area contributed by atoms with Gasteiger partial charge in [0.15, 0.2) is 5.96 Å². The van der Waals surface area contributed by atoms with Crippen LogP contribution in [0.3, 0.4) is 0 Å².